The van der Waals surface area contributed by atoms with Crippen LogP contribution >= 0.6 is 0 Å². The van der Waals surface area contributed by atoms with Crippen LogP contribution in [0.4, 0.5) is 17.1 Å². The largest absolute Gasteiger partial charge is 0.310 e. The Morgan fingerprint density at radius 3 is 2.08 bits per heavy atom. The summed E-state index contributed by atoms with van der Waals surface area (Å²) in [5.41, 5.74) is 14.9. The molecule has 4 aliphatic carbocycles. The first kappa shape index (κ1) is 31.1. The Kier molecular flexibility index (Phi) is 7.49. The van der Waals surface area contributed by atoms with Gasteiger partial charge < -0.3 is 4.90 Å². The fraction of sp³-hybridized carbons (Fsp3) is 0.320. The molecule has 254 valence electrons. The monoisotopic (exact) mass is 663 g/mol. The Bertz CT molecular complexity index is 2240. The second-order valence-corrected chi connectivity index (χ2v) is 16.7. The molecular weight excluding hydrogens is 615 g/mol. The zero-order valence-corrected chi connectivity index (χ0v) is 30.2. The quantitative estimate of drug-likeness (QED) is 0.171. The van der Waals surface area contributed by atoms with E-state index in [2.05, 4.69) is 146 Å². The fourth-order valence-corrected chi connectivity index (χ4v) is 11.0. The second-order valence-electron chi connectivity index (χ2n) is 16.7. The molecule has 0 spiro atoms. The third-order valence-corrected chi connectivity index (χ3v) is 13.6. The zero-order chi connectivity index (χ0) is 34.1. The summed E-state index contributed by atoms with van der Waals surface area (Å²) in [4.78, 5) is 2.59. The third-order valence-electron chi connectivity index (χ3n) is 13.6. The summed E-state index contributed by atoms with van der Waals surface area (Å²) in [6, 6.07) is 49.2. The van der Waals surface area contributed by atoms with Crippen LogP contribution in [0.3, 0.4) is 0 Å². The summed E-state index contributed by atoms with van der Waals surface area (Å²) in [5.74, 6) is 3.15. The van der Waals surface area contributed by atoms with Gasteiger partial charge in [-0.05, 0) is 136 Å². The van der Waals surface area contributed by atoms with E-state index in [0.717, 1.165) is 11.8 Å². The van der Waals surface area contributed by atoms with E-state index < -0.39 is 0 Å². The number of fused-ring (bicyclic) bond motifs is 6. The first-order chi connectivity index (χ1) is 25.0. The second kappa shape index (κ2) is 12.3. The summed E-state index contributed by atoms with van der Waals surface area (Å²) in [5, 5.41) is 2.80. The maximum absolute atomic E-state index is 2.59. The van der Waals surface area contributed by atoms with Crippen LogP contribution in [-0.2, 0) is 5.41 Å². The van der Waals surface area contributed by atoms with Gasteiger partial charge in [0.05, 0.1) is 5.69 Å². The molecule has 6 aromatic rings. The summed E-state index contributed by atoms with van der Waals surface area (Å²) in [6.07, 6.45) is 12.4. The highest BCUT2D eigenvalue weighted by atomic mass is 15.1. The van der Waals surface area contributed by atoms with Crippen molar-refractivity contribution in [3.8, 4) is 22.3 Å². The average molecular weight is 664 g/mol. The molecule has 10 rings (SSSR count). The van der Waals surface area contributed by atoms with Gasteiger partial charge in [0.15, 0.2) is 0 Å². The lowest BCUT2D eigenvalue weighted by Crippen LogP contribution is -2.17. The average Bonchev–Trinajstić information content (AvgIpc) is 3.89. The fourth-order valence-electron chi connectivity index (χ4n) is 11.0. The summed E-state index contributed by atoms with van der Waals surface area (Å²) in [6.45, 7) is 4.83. The third kappa shape index (κ3) is 5.10. The minimum Gasteiger partial charge on any atom is -0.310 e. The van der Waals surface area contributed by atoms with Crippen LogP contribution in [-0.4, -0.2) is 0 Å². The van der Waals surface area contributed by atoms with Crippen molar-refractivity contribution in [3.63, 3.8) is 0 Å². The van der Waals surface area contributed by atoms with E-state index in [1.807, 2.05) is 0 Å². The molecule has 3 atom stereocenters. The van der Waals surface area contributed by atoms with Crippen LogP contribution in [0.25, 0.3) is 33.0 Å². The number of hydrogen-bond donors (Lipinski definition) is 0. The molecular formula is C50H49N. The molecule has 1 heteroatoms. The predicted octanol–water partition coefficient (Wildman–Crippen LogP) is 14.2. The smallest absolute Gasteiger partial charge is 0.0540 e. The predicted molar refractivity (Wildman–Crippen MR) is 216 cm³/mol. The lowest BCUT2D eigenvalue weighted by atomic mass is 9.81. The van der Waals surface area contributed by atoms with Crippen molar-refractivity contribution < 1.29 is 0 Å². The van der Waals surface area contributed by atoms with Crippen molar-refractivity contribution in [2.45, 2.75) is 88.9 Å². The van der Waals surface area contributed by atoms with Crippen LogP contribution in [0.15, 0.2) is 127 Å². The first-order valence-electron chi connectivity index (χ1n) is 19.8. The van der Waals surface area contributed by atoms with Gasteiger partial charge in [-0.25, -0.2) is 0 Å². The van der Waals surface area contributed by atoms with Crippen LogP contribution in [0, 0.1) is 11.8 Å². The number of hydrogen-bond acceptors (Lipinski definition) is 1. The molecule has 3 fully saturated rings. The van der Waals surface area contributed by atoms with E-state index in [9.17, 15) is 0 Å². The summed E-state index contributed by atoms with van der Waals surface area (Å²) >= 11 is 0. The highest BCUT2D eigenvalue weighted by Crippen LogP contribution is 2.57. The Balaban J connectivity index is 1.20. The van der Waals surface area contributed by atoms with Crippen molar-refractivity contribution in [2.24, 2.45) is 11.8 Å². The van der Waals surface area contributed by atoms with Crippen LogP contribution in [0.1, 0.15) is 106 Å². The molecule has 0 aliphatic heterocycles. The Labute approximate surface area is 304 Å². The molecule has 0 saturated heterocycles. The zero-order valence-electron chi connectivity index (χ0n) is 30.2. The van der Waals surface area contributed by atoms with E-state index in [-0.39, 0.29) is 5.41 Å². The van der Waals surface area contributed by atoms with Gasteiger partial charge in [0.1, 0.15) is 0 Å². The standard InChI is InChI=1S/C50H49N/c1-50(2)46-20-12-11-19-43(46)49-45(36-15-7-4-8-16-36)31-39(32-47(49)50)51(38-25-23-35(24-26-38)34-13-5-3-6-14-34)48-28-27-41(40-17-9-10-18-42(40)48)44-30-33-21-22-37(44)29-33/h4,7-12,15-20,23-28,31-34,37,44H,3,5-6,13-14,21-22,29-30H2,1-2H3. The Morgan fingerprint density at radius 2 is 1.31 bits per heavy atom. The van der Waals surface area contributed by atoms with E-state index in [1.165, 1.54) is 125 Å². The Hall–Kier alpha value is -4.62. The van der Waals surface area contributed by atoms with Crippen LogP contribution in [0.2, 0.25) is 0 Å². The lowest BCUT2D eigenvalue weighted by Gasteiger charge is -2.32. The van der Waals surface area contributed by atoms with Crippen molar-refractivity contribution >= 4 is 27.8 Å². The van der Waals surface area contributed by atoms with E-state index in [0.29, 0.717) is 11.8 Å². The number of anilines is 3. The van der Waals surface area contributed by atoms with Crippen LogP contribution < -0.4 is 4.90 Å². The van der Waals surface area contributed by atoms with E-state index in [4.69, 9.17) is 0 Å². The molecule has 0 N–H and O–H groups in total. The molecule has 3 saturated carbocycles. The minimum atomic E-state index is -0.115. The molecule has 0 heterocycles. The van der Waals surface area contributed by atoms with Crippen molar-refractivity contribution in [2.75, 3.05) is 4.90 Å². The van der Waals surface area contributed by atoms with E-state index >= 15 is 0 Å². The number of nitrogens with zero attached hydrogens (tertiary/aromatic N) is 1. The summed E-state index contributed by atoms with van der Waals surface area (Å²) < 4.78 is 0. The SMILES string of the molecule is CC1(C)c2ccccc2-c2c(-c3ccccc3)cc(N(c3ccc(C4CCCCC4)cc3)c3ccc(C4CC5CCC4C5)c4ccccc34)cc21. The maximum atomic E-state index is 2.59. The molecule has 51 heavy (non-hydrogen) atoms. The molecule has 0 aromatic heterocycles. The Morgan fingerprint density at radius 1 is 0.569 bits per heavy atom. The highest BCUT2D eigenvalue weighted by molar-refractivity contribution is 6.02. The van der Waals surface area contributed by atoms with Gasteiger partial charge in [-0.2, -0.15) is 0 Å². The van der Waals surface area contributed by atoms with Crippen molar-refractivity contribution in [3.05, 3.63) is 150 Å². The van der Waals surface area contributed by atoms with Gasteiger partial charge in [0.2, 0.25) is 0 Å². The van der Waals surface area contributed by atoms with Gasteiger partial charge in [-0.15, -0.1) is 0 Å². The number of rotatable bonds is 6. The molecule has 0 amide bonds. The molecule has 4 aliphatic rings. The van der Waals surface area contributed by atoms with Gasteiger partial charge in [-0.1, -0.05) is 137 Å². The van der Waals surface area contributed by atoms with Crippen molar-refractivity contribution in [1.82, 2.24) is 0 Å². The minimum absolute atomic E-state index is 0.115. The van der Waals surface area contributed by atoms with Crippen LogP contribution in [0.5, 0.6) is 0 Å². The van der Waals surface area contributed by atoms with Gasteiger partial charge in [0, 0.05) is 22.2 Å². The maximum Gasteiger partial charge on any atom is 0.0540 e. The van der Waals surface area contributed by atoms with E-state index in [1.54, 1.807) is 5.56 Å². The van der Waals surface area contributed by atoms with Gasteiger partial charge in [-0.3, -0.25) is 0 Å². The highest BCUT2D eigenvalue weighted by Gasteiger charge is 2.41. The first-order valence-corrected chi connectivity index (χ1v) is 19.8. The molecule has 2 bridgehead atoms. The molecule has 6 aromatic carbocycles. The van der Waals surface area contributed by atoms with Crippen molar-refractivity contribution in [1.29, 1.82) is 0 Å². The molecule has 0 radical (unpaired) electrons. The van der Waals surface area contributed by atoms with Gasteiger partial charge in [0.25, 0.3) is 0 Å². The molecule has 3 unspecified atom stereocenters. The summed E-state index contributed by atoms with van der Waals surface area (Å²) in [7, 11) is 0. The normalized spacial score (nSPS) is 21.9. The lowest BCUT2D eigenvalue weighted by molar-refractivity contribution is 0.422. The molecule has 1 nitrogen and oxygen atoms in total. The number of benzene rings is 6. The van der Waals surface area contributed by atoms with Gasteiger partial charge >= 0.3 is 0 Å². The topological polar surface area (TPSA) is 3.24 Å².